The lowest BCUT2D eigenvalue weighted by atomic mass is 9.74. The molecular weight excluding hydrogens is 671 g/mol. The van der Waals surface area contributed by atoms with Gasteiger partial charge in [0.25, 0.3) is 11.5 Å². The third kappa shape index (κ3) is 8.22. The lowest BCUT2D eigenvalue weighted by Gasteiger charge is -2.43. The maximum Gasteiger partial charge on any atom is 0.314 e. The number of H-pyrrole nitrogens is 1. The van der Waals surface area contributed by atoms with Gasteiger partial charge in [0.2, 0.25) is 5.91 Å². The number of halogens is 2. The second-order valence-electron chi connectivity index (χ2n) is 13.1. The average molecular weight is 715 g/mol. The van der Waals surface area contributed by atoms with Crippen LogP contribution in [0.1, 0.15) is 97.2 Å². The van der Waals surface area contributed by atoms with Gasteiger partial charge >= 0.3 is 5.97 Å². The molecule has 268 valence electrons. The van der Waals surface area contributed by atoms with E-state index >= 15 is 0 Å². The third-order valence-corrected chi connectivity index (χ3v) is 10.5. The van der Waals surface area contributed by atoms with Crippen LogP contribution in [0.2, 0.25) is 5.02 Å². The van der Waals surface area contributed by atoms with Crippen molar-refractivity contribution in [2.45, 2.75) is 91.0 Å². The van der Waals surface area contributed by atoms with Crippen molar-refractivity contribution in [1.29, 1.82) is 0 Å². The highest BCUT2D eigenvalue weighted by Crippen LogP contribution is 2.48. The Morgan fingerprint density at radius 2 is 1.75 bits per heavy atom. The predicted octanol–water partition coefficient (Wildman–Crippen LogP) is 7.25. The number of amides is 2. The Morgan fingerprint density at radius 3 is 2.41 bits per heavy atom. The molecule has 1 aliphatic heterocycles. The number of hydrogen-bond donors (Lipinski definition) is 2. The first-order valence-electron chi connectivity index (χ1n) is 17.4. The maximum atomic E-state index is 14.7. The number of esters is 1. The molecule has 0 bridgehead atoms. The van der Waals surface area contributed by atoms with Crippen LogP contribution in [0.3, 0.4) is 0 Å². The first kappa shape index (κ1) is 37.4. The van der Waals surface area contributed by atoms with Crippen LogP contribution in [0.15, 0.2) is 83.7 Å². The summed E-state index contributed by atoms with van der Waals surface area (Å²) in [7, 11) is 0. The number of benzene rings is 3. The van der Waals surface area contributed by atoms with Crippen molar-refractivity contribution in [2.75, 3.05) is 0 Å². The van der Waals surface area contributed by atoms with Crippen molar-refractivity contribution in [3.05, 3.63) is 134 Å². The molecule has 3 atom stereocenters. The van der Waals surface area contributed by atoms with Gasteiger partial charge in [0.05, 0.1) is 17.2 Å². The minimum absolute atomic E-state index is 0.100. The molecule has 1 aromatic heterocycles. The van der Waals surface area contributed by atoms with Crippen LogP contribution >= 0.6 is 11.6 Å². The van der Waals surface area contributed by atoms with Gasteiger partial charge in [-0.05, 0) is 86.1 Å². The highest BCUT2D eigenvalue weighted by molar-refractivity contribution is 6.31. The molecule has 9 nitrogen and oxygen atoms in total. The van der Waals surface area contributed by atoms with Crippen LogP contribution in [-0.4, -0.2) is 45.0 Å². The van der Waals surface area contributed by atoms with Gasteiger partial charge in [0.15, 0.2) is 0 Å². The number of aryl methyl sites for hydroxylation is 1. The molecule has 1 saturated heterocycles. The highest BCUT2D eigenvalue weighted by Gasteiger charge is 2.53. The Labute approximate surface area is 302 Å². The number of rotatable bonds is 13. The molecule has 2 heterocycles. The predicted molar refractivity (Wildman–Crippen MR) is 194 cm³/mol. The molecule has 1 aliphatic rings. The van der Waals surface area contributed by atoms with E-state index in [9.17, 15) is 23.6 Å². The molecule has 0 saturated carbocycles. The third-order valence-electron chi connectivity index (χ3n) is 10.1. The summed E-state index contributed by atoms with van der Waals surface area (Å²) >= 11 is 6.59. The van der Waals surface area contributed by atoms with Gasteiger partial charge in [-0.1, -0.05) is 80.9 Å². The molecule has 51 heavy (non-hydrogen) atoms. The minimum atomic E-state index is -1.03. The zero-order valence-electron chi connectivity index (χ0n) is 29.4. The van der Waals surface area contributed by atoms with Gasteiger partial charge in [-0.25, -0.2) is 9.49 Å². The van der Waals surface area contributed by atoms with Crippen LogP contribution in [0, 0.1) is 18.2 Å². The van der Waals surface area contributed by atoms with E-state index in [4.69, 9.17) is 16.3 Å². The number of nitrogens with one attached hydrogen (secondary N) is 2. The van der Waals surface area contributed by atoms with Crippen LogP contribution in [0.25, 0.3) is 0 Å². The number of carbonyl (C=O) groups excluding carboxylic acids is 3. The van der Waals surface area contributed by atoms with Crippen LogP contribution in [0.5, 0.6) is 0 Å². The van der Waals surface area contributed by atoms with E-state index in [1.165, 1.54) is 18.2 Å². The first-order valence-corrected chi connectivity index (χ1v) is 17.8. The smallest absolute Gasteiger partial charge is 0.314 e. The summed E-state index contributed by atoms with van der Waals surface area (Å²) in [6.45, 7) is 7.51. The van der Waals surface area contributed by atoms with E-state index < -0.39 is 41.2 Å². The van der Waals surface area contributed by atoms with Crippen LogP contribution in [-0.2, 0) is 27.4 Å². The molecule has 0 aliphatic carbocycles. The zero-order chi connectivity index (χ0) is 36.7. The molecule has 4 aromatic rings. The number of hydrogen-bond acceptors (Lipinski definition) is 6. The monoisotopic (exact) mass is 714 g/mol. The Kier molecular flexibility index (Phi) is 12.1. The van der Waals surface area contributed by atoms with Crippen molar-refractivity contribution in [3.63, 3.8) is 0 Å². The topological polar surface area (TPSA) is 121 Å². The van der Waals surface area contributed by atoms with Crippen molar-refractivity contribution in [1.82, 2.24) is 20.4 Å². The SMILES string of the molecule is CC[C@@H](NC(=O)c1ccc(Cc2cc(C)n[nH]c2=O)c(Cl)c1)C(=O)N1[C@H](c2cccc(F)c2)CC[C@@H]1C(CC)(CC)C(=O)OCc1ccccc1. The summed E-state index contributed by atoms with van der Waals surface area (Å²) < 4.78 is 20.5. The molecule has 2 N–H and O–H groups in total. The fourth-order valence-electron chi connectivity index (χ4n) is 7.20. The highest BCUT2D eigenvalue weighted by atomic mass is 35.5. The quantitative estimate of drug-likeness (QED) is 0.141. The van der Waals surface area contributed by atoms with Crippen molar-refractivity contribution < 1.29 is 23.5 Å². The first-order chi connectivity index (χ1) is 24.5. The summed E-state index contributed by atoms with van der Waals surface area (Å²) in [5.41, 5.74) is 2.17. The summed E-state index contributed by atoms with van der Waals surface area (Å²) in [4.78, 5) is 56.3. The van der Waals surface area contributed by atoms with Gasteiger partial charge in [-0.2, -0.15) is 5.10 Å². The summed E-state index contributed by atoms with van der Waals surface area (Å²) in [5, 5.41) is 9.56. The Bertz CT molecular complexity index is 1930. The van der Waals surface area contributed by atoms with Crippen LogP contribution in [0.4, 0.5) is 4.39 Å². The second kappa shape index (κ2) is 16.5. The zero-order valence-corrected chi connectivity index (χ0v) is 30.1. The molecule has 3 aromatic carbocycles. The lowest BCUT2D eigenvalue weighted by Crippen LogP contribution is -2.56. The molecule has 2 amide bonds. The Hall–Kier alpha value is -4.83. The van der Waals surface area contributed by atoms with Crippen molar-refractivity contribution in [2.24, 2.45) is 5.41 Å². The second-order valence-corrected chi connectivity index (χ2v) is 13.5. The number of ether oxygens (including phenoxy) is 1. The van der Waals surface area contributed by atoms with Gasteiger partial charge in [-0.15, -0.1) is 0 Å². The largest absolute Gasteiger partial charge is 0.460 e. The summed E-state index contributed by atoms with van der Waals surface area (Å²) in [6, 6.07) is 20.1. The van der Waals surface area contributed by atoms with E-state index in [2.05, 4.69) is 15.5 Å². The molecule has 11 heteroatoms. The minimum Gasteiger partial charge on any atom is -0.460 e. The number of carbonyl (C=O) groups is 3. The maximum absolute atomic E-state index is 14.7. The van der Waals surface area contributed by atoms with E-state index in [-0.39, 0.29) is 36.5 Å². The number of aromatic amines is 1. The molecule has 1 fully saturated rings. The van der Waals surface area contributed by atoms with Crippen molar-refractivity contribution in [3.8, 4) is 0 Å². The normalized spacial score (nSPS) is 16.5. The van der Waals surface area contributed by atoms with E-state index in [0.29, 0.717) is 53.1 Å². The summed E-state index contributed by atoms with van der Waals surface area (Å²) in [5.74, 6) is -1.68. The molecule has 5 rings (SSSR count). The van der Waals surface area contributed by atoms with Gasteiger partial charge in [-0.3, -0.25) is 19.2 Å². The van der Waals surface area contributed by atoms with E-state index in [1.54, 1.807) is 49.1 Å². The van der Waals surface area contributed by atoms with Gasteiger partial charge in [0.1, 0.15) is 18.5 Å². The summed E-state index contributed by atoms with van der Waals surface area (Å²) in [6.07, 6.45) is 2.35. The Morgan fingerprint density at radius 1 is 1.00 bits per heavy atom. The Balaban J connectivity index is 1.42. The standard InChI is InChI=1S/C40H44ClFN4O5/c1-5-33(43-36(47)29-17-16-27(32(41)23-29)21-30-20-25(4)44-45-37(30)48)38(49)46-34(28-14-11-15-31(42)22-28)18-19-35(46)40(6-2,7-3)39(50)51-24-26-12-9-8-10-13-26/h8-17,20,22-23,33-35H,5-7,18-19,21,24H2,1-4H3,(H,43,47)(H,45,48)/t33-,34+,35-/m1/s1. The fraction of sp³-hybridized carbons (Fsp3) is 0.375. The van der Waals surface area contributed by atoms with E-state index in [0.717, 1.165) is 5.56 Å². The fourth-order valence-corrected chi connectivity index (χ4v) is 7.45. The van der Waals surface area contributed by atoms with Gasteiger partial charge in [0, 0.05) is 28.6 Å². The number of aromatic nitrogens is 2. The number of likely N-dealkylation sites (tertiary alicyclic amines) is 1. The van der Waals surface area contributed by atoms with Gasteiger partial charge < -0.3 is 15.0 Å². The van der Waals surface area contributed by atoms with E-state index in [1.807, 2.05) is 44.2 Å². The molecular formula is C40H44ClFN4O5. The lowest BCUT2D eigenvalue weighted by molar-refractivity contribution is -0.165. The average Bonchev–Trinajstić information content (AvgIpc) is 3.58. The number of nitrogens with zero attached hydrogens (tertiary/aromatic N) is 2. The van der Waals surface area contributed by atoms with Crippen molar-refractivity contribution >= 4 is 29.4 Å². The molecule has 0 spiro atoms. The van der Waals surface area contributed by atoms with Crippen LogP contribution < -0.4 is 10.9 Å². The molecule has 0 unspecified atom stereocenters. The molecule has 0 radical (unpaired) electrons.